The second kappa shape index (κ2) is 9.49. The molecule has 1 aliphatic carbocycles. The minimum atomic E-state index is -1.83. The number of ether oxygens (including phenoxy) is 2. The number of carbonyl (C=O) groups excluding carboxylic acids is 2. The zero-order chi connectivity index (χ0) is 22.6. The SMILES string of the molecule is CC(C)(C)OC(=O)CC[C@H](NC(=O)OCC1c2ccccc2-c2ccccc21)C(O)O. The Morgan fingerprint density at radius 3 is 2.06 bits per heavy atom. The zero-order valence-corrected chi connectivity index (χ0v) is 18.0. The summed E-state index contributed by atoms with van der Waals surface area (Å²) in [7, 11) is 0. The lowest BCUT2D eigenvalue weighted by Crippen LogP contribution is -2.44. The van der Waals surface area contributed by atoms with Gasteiger partial charge in [-0.3, -0.25) is 4.79 Å². The Morgan fingerprint density at radius 2 is 1.55 bits per heavy atom. The van der Waals surface area contributed by atoms with Gasteiger partial charge in [0, 0.05) is 12.3 Å². The van der Waals surface area contributed by atoms with Crippen LogP contribution in [-0.4, -0.2) is 46.8 Å². The number of esters is 1. The van der Waals surface area contributed by atoms with Gasteiger partial charge in [-0.1, -0.05) is 48.5 Å². The van der Waals surface area contributed by atoms with E-state index in [0.29, 0.717) is 0 Å². The molecule has 1 atom stereocenters. The van der Waals surface area contributed by atoms with Crippen molar-refractivity contribution < 1.29 is 29.3 Å². The van der Waals surface area contributed by atoms with Crippen molar-refractivity contribution in [2.45, 2.75) is 57.5 Å². The molecule has 0 saturated carbocycles. The molecule has 7 heteroatoms. The van der Waals surface area contributed by atoms with Gasteiger partial charge in [0.05, 0.1) is 6.04 Å². The third kappa shape index (κ3) is 5.83. The van der Waals surface area contributed by atoms with E-state index in [1.54, 1.807) is 20.8 Å². The Bertz CT molecular complexity index is 888. The van der Waals surface area contributed by atoms with E-state index in [-0.39, 0.29) is 25.4 Å². The minimum Gasteiger partial charge on any atom is -0.460 e. The number of nitrogens with one attached hydrogen (secondary N) is 1. The molecule has 1 aliphatic rings. The van der Waals surface area contributed by atoms with Crippen LogP contribution in [0.3, 0.4) is 0 Å². The largest absolute Gasteiger partial charge is 0.460 e. The van der Waals surface area contributed by atoms with Crippen molar-refractivity contribution in [2.75, 3.05) is 6.61 Å². The normalized spacial score (nSPS) is 14.0. The van der Waals surface area contributed by atoms with Gasteiger partial charge >= 0.3 is 12.1 Å². The molecule has 31 heavy (non-hydrogen) atoms. The Labute approximate surface area is 182 Å². The first kappa shape index (κ1) is 22.8. The molecule has 0 aromatic heterocycles. The number of hydrogen-bond acceptors (Lipinski definition) is 6. The maximum atomic E-state index is 12.3. The van der Waals surface area contributed by atoms with Crippen molar-refractivity contribution in [3.8, 4) is 11.1 Å². The molecule has 3 N–H and O–H groups in total. The lowest BCUT2D eigenvalue weighted by atomic mass is 9.98. The maximum absolute atomic E-state index is 12.3. The number of aliphatic hydroxyl groups is 2. The van der Waals surface area contributed by atoms with Gasteiger partial charge in [0.15, 0.2) is 6.29 Å². The van der Waals surface area contributed by atoms with Crippen molar-refractivity contribution in [1.29, 1.82) is 0 Å². The number of rotatable bonds is 7. The summed E-state index contributed by atoms with van der Waals surface area (Å²) in [6.45, 7) is 5.36. The standard InChI is InChI=1S/C24H29NO6/c1-24(2,3)31-21(26)13-12-20(22(27)28)25-23(29)30-14-19-17-10-6-4-8-15(17)16-9-5-7-11-18(16)19/h4-11,19-20,22,27-28H,12-14H2,1-3H3,(H,25,29)/t20-/m0/s1. The van der Waals surface area contributed by atoms with Crippen molar-refractivity contribution in [1.82, 2.24) is 5.32 Å². The number of amides is 1. The topological polar surface area (TPSA) is 105 Å². The summed E-state index contributed by atoms with van der Waals surface area (Å²) in [5.41, 5.74) is 3.77. The van der Waals surface area contributed by atoms with Gasteiger partial charge in [-0.05, 0) is 49.4 Å². The maximum Gasteiger partial charge on any atom is 0.407 e. The van der Waals surface area contributed by atoms with Crippen LogP contribution in [0.5, 0.6) is 0 Å². The molecule has 0 heterocycles. The van der Waals surface area contributed by atoms with Crippen molar-refractivity contribution in [2.24, 2.45) is 0 Å². The molecule has 0 radical (unpaired) electrons. The van der Waals surface area contributed by atoms with E-state index in [1.165, 1.54) is 0 Å². The predicted molar refractivity (Wildman–Crippen MR) is 115 cm³/mol. The molecule has 0 bridgehead atoms. The monoisotopic (exact) mass is 427 g/mol. The van der Waals surface area contributed by atoms with Crippen molar-refractivity contribution in [3.05, 3.63) is 59.7 Å². The van der Waals surface area contributed by atoms with Gasteiger partial charge in [-0.25, -0.2) is 4.79 Å². The molecule has 7 nitrogen and oxygen atoms in total. The number of carbonyl (C=O) groups is 2. The highest BCUT2D eigenvalue weighted by Gasteiger charge is 2.30. The number of hydrogen-bond donors (Lipinski definition) is 3. The molecule has 1 amide bonds. The van der Waals surface area contributed by atoms with Crippen LogP contribution in [0.15, 0.2) is 48.5 Å². The van der Waals surface area contributed by atoms with Crippen molar-refractivity contribution >= 4 is 12.1 Å². The summed E-state index contributed by atoms with van der Waals surface area (Å²) < 4.78 is 10.6. The molecular formula is C24H29NO6. The van der Waals surface area contributed by atoms with E-state index < -0.39 is 30.0 Å². The molecular weight excluding hydrogens is 398 g/mol. The fourth-order valence-corrected chi connectivity index (χ4v) is 3.75. The first-order valence-electron chi connectivity index (χ1n) is 10.3. The highest BCUT2D eigenvalue weighted by molar-refractivity contribution is 5.79. The van der Waals surface area contributed by atoms with Crippen LogP contribution in [0, 0.1) is 0 Å². The van der Waals surface area contributed by atoms with E-state index in [1.807, 2.05) is 48.5 Å². The van der Waals surface area contributed by atoms with E-state index in [9.17, 15) is 19.8 Å². The number of aliphatic hydroxyl groups excluding tert-OH is 1. The lowest BCUT2D eigenvalue weighted by molar-refractivity contribution is -0.155. The number of benzene rings is 2. The smallest absolute Gasteiger partial charge is 0.407 e. The quantitative estimate of drug-likeness (QED) is 0.462. The summed E-state index contributed by atoms with van der Waals surface area (Å²) in [6, 6.07) is 14.9. The molecule has 2 aromatic rings. The summed E-state index contributed by atoms with van der Waals surface area (Å²) in [5.74, 6) is -0.579. The average molecular weight is 427 g/mol. The van der Waals surface area contributed by atoms with Gasteiger partial charge in [0.25, 0.3) is 0 Å². The Hall–Kier alpha value is -2.90. The first-order valence-corrected chi connectivity index (χ1v) is 10.3. The molecule has 166 valence electrons. The van der Waals surface area contributed by atoms with Crippen LogP contribution in [-0.2, 0) is 14.3 Å². The van der Waals surface area contributed by atoms with Crippen LogP contribution in [0.25, 0.3) is 11.1 Å². The van der Waals surface area contributed by atoms with Crippen LogP contribution in [0.2, 0.25) is 0 Å². The van der Waals surface area contributed by atoms with Gasteiger partial charge in [0.1, 0.15) is 12.2 Å². The average Bonchev–Trinajstić information content (AvgIpc) is 3.02. The Morgan fingerprint density at radius 1 is 1.00 bits per heavy atom. The first-order chi connectivity index (χ1) is 14.7. The van der Waals surface area contributed by atoms with Crippen LogP contribution in [0.1, 0.15) is 50.7 Å². The molecule has 2 aromatic carbocycles. The summed E-state index contributed by atoms with van der Waals surface area (Å²) in [5, 5.41) is 21.6. The fourth-order valence-electron chi connectivity index (χ4n) is 3.75. The van der Waals surface area contributed by atoms with Gasteiger partial charge < -0.3 is 25.0 Å². The molecule has 3 rings (SSSR count). The molecule has 0 aliphatic heterocycles. The second-order valence-electron chi connectivity index (χ2n) is 8.62. The predicted octanol–water partition coefficient (Wildman–Crippen LogP) is 3.33. The Kier molecular flexibility index (Phi) is 6.97. The molecule has 0 fully saturated rings. The van der Waals surface area contributed by atoms with E-state index in [4.69, 9.17) is 9.47 Å². The van der Waals surface area contributed by atoms with Crippen LogP contribution >= 0.6 is 0 Å². The third-order valence-corrected chi connectivity index (χ3v) is 5.09. The molecule has 0 saturated heterocycles. The highest BCUT2D eigenvalue weighted by Crippen LogP contribution is 2.44. The third-order valence-electron chi connectivity index (χ3n) is 5.09. The summed E-state index contributed by atoms with van der Waals surface area (Å²) in [4.78, 5) is 24.2. The lowest BCUT2D eigenvalue weighted by Gasteiger charge is -2.23. The van der Waals surface area contributed by atoms with Crippen LogP contribution in [0.4, 0.5) is 4.79 Å². The number of alkyl carbamates (subject to hydrolysis) is 1. The van der Waals surface area contributed by atoms with Crippen LogP contribution < -0.4 is 5.32 Å². The second-order valence-corrected chi connectivity index (χ2v) is 8.62. The summed E-state index contributed by atoms with van der Waals surface area (Å²) in [6.07, 6.45) is -2.66. The van der Waals surface area contributed by atoms with Crippen molar-refractivity contribution in [3.63, 3.8) is 0 Å². The molecule has 0 unspecified atom stereocenters. The highest BCUT2D eigenvalue weighted by atomic mass is 16.6. The van der Waals surface area contributed by atoms with Gasteiger partial charge in [-0.2, -0.15) is 0 Å². The molecule has 0 spiro atoms. The van der Waals surface area contributed by atoms with Gasteiger partial charge in [0.2, 0.25) is 0 Å². The Balaban J connectivity index is 1.58. The van der Waals surface area contributed by atoms with E-state index >= 15 is 0 Å². The summed E-state index contributed by atoms with van der Waals surface area (Å²) >= 11 is 0. The minimum absolute atomic E-state index is 0.0107. The fraction of sp³-hybridized carbons (Fsp3) is 0.417. The van der Waals surface area contributed by atoms with Gasteiger partial charge in [-0.15, -0.1) is 0 Å². The van der Waals surface area contributed by atoms with E-state index in [2.05, 4.69) is 5.32 Å². The zero-order valence-electron chi connectivity index (χ0n) is 18.0. The van der Waals surface area contributed by atoms with E-state index in [0.717, 1.165) is 22.3 Å². The number of fused-ring (bicyclic) bond motifs is 3.